The highest BCUT2D eigenvalue weighted by Gasteiger charge is 2.26. The van der Waals surface area contributed by atoms with Crippen LogP contribution in [-0.4, -0.2) is 48.3 Å². The van der Waals surface area contributed by atoms with Crippen molar-refractivity contribution in [1.29, 1.82) is 0 Å². The number of aromatic carboxylic acids is 1. The predicted octanol–water partition coefficient (Wildman–Crippen LogP) is 2.94. The number of anilines is 1. The number of nitrogens with one attached hydrogen (secondary N) is 1. The van der Waals surface area contributed by atoms with E-state index < -0.39 is 12.0 Å². The van der Waals surface area contributed by atoms with Gasteiger partial charge in [0, 0.05) is 18.7 Å². The molecule has 2 N–H and O–H groups in total. The van der Waals surface area contributed by atoms with Crippen LogP contribution in [0.4, 0.5) is 10.5 Å². The third-order valence-electron chi connectivity index (χ3n) is 3.29. The Hall–Kier alpha value is -1.50. The van der Waals surface area contributed by atoms with E-state index in [9.17, 15) is 14.7 Å². The van der Waals surface area contributed by atoms with Gasteiger partial charge in [0.15, 0.2) is 0 Å². The summed E-state index contributed by atoms with van der Waals surface area (Å²) in [6.45, 7) is 1.06. The summed E-state index contributed by atoms with van der Waals surface area (Å²) in [4.78, 5) is 24.9. The third kappa shape index (κ3) is 3.58. The number of hydrogen-bond acceptors (Lipinski definition) is 3. The van der Waals surface area contributed by atoms with E-state index in [4.69, 9.17) is 27.9 Å². The lowest BCUT2D eigenvalue weighted by Crippen LogP contribution is -2.40. The minimum absolute atomic E-state index is 0.0318. The van der Waals surface area contributed by atoms with Crippen molar-refractivity contribution in [3.8, 4) is 0 Å². The summed E-state index contributed by atoms with van der Waals surface area (Å²) < 4.78 is 5.22. The molecule has 0 aliphatic carbocycles. The van der Waals surface area contributed by atoms with Gasteiger partial charge in [-0.3, -0.25) is 0 Å². The molecule has 1 fully saturated rings. The Morgan fingerprint density at radius 2 is 2.14 bits per heavy atom. The Labute approximate surface area is 131 Å². The monoisotopic (exact) mass is 332 g/mol. The zero-order valence-electron chi connectivity index (χ0n) is 11.2. The van der Waals surface area contributed by atoms with Crippen LogP contribution in [0.1, 0.15) is 16.8 Å². The number of benzene rings is 1. The van der Waals surface area contributed by atoms with E-state index in [0.717, 1.165) is 6.42 Å². The zero-order valence-corrected chi connectivity index (χ0v) is 12.7. The van der Waals surface area contributed by atoms with Gasteiger partial charge in [-0.05, 0) is 18.6 Å². The van der Waals surface area contributed by atoms with Crippen LogP contribution in [0.5, 0.6) is 0 Å². The number of urea groups is 1. The Kier molecular flexibility index (Phi) is 4.92. The molecule has 1 atom stereocenters. The van der Waals surface area contributed by atoms with Crippen LogP contribution < -0.4 is 5.32 Å². The first-order valence-electron chi connectivity index (χ1n) is 6.24. The largest absolute Gasteiger partial charge is 0.478 e. The smallest absolute Gasteiger partial charge is 0.337 e. The topological polar surface area (TPSA) is 78.9 Å². The number of nitrogens with zero attached hydrogens (tertiary/aromatic N) is 1. The first-order chi connectivity index (χ1) is 9.90. The molecule has 1 aliphatic heterocycles. The van der Waals surface area contributed by atoms with Gasteiger partial charge >= 0.3 is 12.0 Å². The minimum atomic E-state index is -1.22. The molecule has 0 saturated carbocycles. The molecule has 1 aromatic carbocycles. The maximum Gasteiger partial charge on any atom is 0.337 e. The van der Waals surface area contributed by atoms with Gasteiger partial charge in [0.1, 0.15) is 0 Å². The van der Waals surface area contributed by atoms with E-state index in [1.165, 1.54) is 17.0 Å². The minimum Gasteiger partial charge on any atom is -0.478 e. The van der Waals surface area contributed by atoms with Gasteiger partial charge in [-0.15, -0.1) is 0 Å². The Morgan fingerprint density at radius 1 is 1.43 bits per heavy atom. The zero-order chi connectivity index (χ0) is 15.6. The molecule has 0 spiro atoms. The molecule has 1 aliphatic rings. The van der Waals surface area contributed by atoms with Crippen molar-refractivity contribution >= 4 is 40.9 Å². The predicted molar refractivity (Wildman–Crippen MR) is 79.4 cm³/mol. The maximum absolute atomic E-state index is 12.2. The highest BCUT2D eigenvalue weighted by atomic mass is 35.5. The lowest BCUT2D eigenvalue weighted by atomic mass is 10.1. The molecule has 2 rings (SSSR count). The van der Waals surface area contributed by atoms with E-state index in [1.54, 1.807) is 7.05 Å². The van der Waals surface area contributed by atoms with Crippen LogP contribution in [0.2, 0.25) is 10.0 Å². The maximum atomic E-state index is 12.2. The first kappa shape index (κ1) is 15.9. The second-order valence-corrected chi connectivity index (χ2v) is 5.52. The number of ether oxygens (including phenoxy) is 1. The number of rotatable bonds is 3. The second-order valence-electron chi connectivity index (χ2n) is 4.67. The highest BCUT2D eigenvalue weighted by molar-refractivity contribution is 6.37. The molecule has 1 aromatic rings. The first-order valence-corrected chi connectivity index (χ1v) is 6.99. The molecule has 114 valence electrons. The van der Waals surface area contributed by atoms with Crippen molar-refractivity contribution < 1.29 is 19.4 Å². The van der Waals surface area contributed by atoms with E-state index in [1.807, 2.05) is 0 Å². The fourth-order valence-electron chi connectivity index (χ4n) is 2.06. The number of amides is 2. The fraction of sp³-hybridized carbons (Fsp3) is 0.385. The van der Waals surface area contributed by atoms with Crippen molar-refractivity contribution in [2.45, 2.75) is 12.5 Å². The molecule has 6 nitrogen and oxygen atoms in total. The molecular formula is C13H14Cl2N2O4. The molecule has 21 heavy (non-hydrogen) atoms. The van der Waals surface area contributed by atoms with E-state index in [0.29, 0.717) is 13.2 Å². The summed E-state index contributed by atoms with van der Waals surface area (Å²) in [5.41, 5.74) is -0.124. The Morgan fingerprint density at radius 3 is 2.71 bits per heavy atom. The van der Waals surface area contributed by atoms with Crippen molar-refractivity contribution in [2.75, 3.05) is 25.6 Å². The Balaban J connectivity index is 2.22. The van der Waals surface area contributed by atoms with Gasteiger partial charge in [0.05, 0.1) is 28.9 Å². The quantitative estimate of drug-likeness (QED) is 0.891. The van der Waals surface area contributed by atoms with Gasteiger partial charge in [-0.1, -0.05) is 23.2 Å². The van der Waals surface area contributed by atoms with Crippen LogP contribution in [0.25, 0.3) is 0 Å². The van der Waals surface area contributed by atoms with Crippen LogP contribution >= 0.6 is 23.2 Å². The summed E-state index contributed by atoms with van der Waals surface area (Å²) >= 11 is 11.8. The van der Waals surface area contributed by atoms with Crippen LogP contribution in [0.3, 0.4) is 0 Å². The number of carboxylic acid groups (broad SMARTS) is 1. The van der Waals surface area contributed by atoms with Gasteiger partial charge in [-0.2, -0.15) is 0 Å². The van der Waals surface area contributed by atoms with Crippen molar-refractivity contribution in [3.05, 3.63) is 27.7 Å². The molecule has 2 amide bonds. The fourth-order valence-corrected chi connectivity index (χ4v) is 2.60. The van der Waals surface area contributed by atoms with Crippen molar-refractivity contribution in [2.24, 2.45) is 0 Å². The number of hydrogen-bond donors (Lipinski definition) is 2. The summed E-state index contributed by atoms with van der Waals surface area (Å²) in [5.74, 6) is -1.22. The van der Waals surface area contributed by atoms with Crippen LogP contribution in [0.15, 0.2) is 12.1 Å². The molecular weight excluding hydrogens is 319 g/mol. The summed E-state index contributed by atoms with van der Waals surface area (Å²) in [6.07, 6.45) is 0.740. The number of halogens is 2. The molecule has 0 bridgehead atoms. The summed E-state index contributed by atoms with van der Waals surface area (Å²) in [7, 11) is 1.62. The van der Waals surface area contributed by atoms with E-state index in [-0.39, 0.29) is 27.3 Å². The summed E-state index contributed by atoms with van der Waals surface area (Å²) in [5, 5.41) is 12.0. The number of carbonyl (C=O) groups excluding carboxylic acids is 1. The average molecular weight is 333 g/mol. The van der Waals surface area contributed by atoms with Gasteiger partial charge < -0.3 is 20.1 Å². The van der Waals surface area contributed by atoms with Crippen LogP contribution in [0, 0.1) is 0 Å². The normalized spacial score (nSPS) is 17.6. The standard InChI is InChI=1S/C13H14Cl2N2O4/c1-17(8-2-3-21-6-8)13(20)16-11-9(12(18)19)4-7(14)5-10(11)15/h4-5,8H,2-3,6H2,1H3,(H,16,20)(H,18,19). The molecule has 0 radical (unpaired) electrons. The molecule has 1 saturated heterocycles. The van der Waals surface area contributed by atoms with Crippen LogP contribution in [-0.2, 0) is 4.74 Å². The summed E-state index contributed by atoms with van der Waals surface area (Å²) in [6, 6.07) is 2.13. The highest BCUT2D eigenvalue weighted by Crippen LogP contribution is 2.30. The van der Waals surface area contributed by atoms with Gasteiger partial charge in [-0.25, -0.2) is 9.59 Å². The number of carboxylic acids is 1. The SMILES string of the molecule is CN(C(=O)Nc1c(Cl)cc(Cl)cc1C(=O)O)C1CCOC1. The Bertz CT molecular complexity index is 574. The van der Waals surface area contributed by atoms with Crippen molar-refractivity contribution in [3.63, 3.8) is 0 Å². The lowest BCUT2D eigenvalue weighted by Gasteiger charge is -2.24. The number of likely N-dealkylation sites (N-methyl/N-ethyl adjacent to an activating group) is 1. The second kappa shape index (κ2) is 6.51. The van der Waals surface area contributed by atoms with Gasteiger partial charge in [0.25, 0.3) is 0 Å². The van der Waals surface area contributed by atoms with Crippen molar-refractivity contribution in [1.82, 2.24) is 4.90 Å². The molecule has 1 heterocycles. The number of carbonyl (C=O) groups is 2. The van der Waals surface area contributed by atoms with E-state index >= 15 is 0 Å². The molecule has 1 unspecified atom stereocenters. The average Bonchev–Trinajstić information content (AvgIpc) is 2.94. The molecule has 0 aromatic heterocycles. The lowest BCUT2D eigenvalue weighted by molar-refractivity contribution is 0.0698. The van der Waals surface area contributed by atoms with E-state index in [2.05, 4.69) is 5.32 Å². The molecule has 8 heteroatoms. The van der Waals surface area contributed by atoms with Gasteiger partial charge in [0.2, 0.25) is 0 Å². The third-order valence-corrected chi connectivity index (χ3v) is 3.81.